The van der Waals surface area contributed by atoms with E-state index < -0.39 is 0 Å². The highest BCUT2D eigenvalue weighted by Gasteiger charge is 2.20. The van der Waals surface area contributed by atoms with Gasteiger partial charge in [-0.2, -0.15) is 0 Å². The number of anilines is 1. The third-order valence-electron chi connectivity index (χ3n) is 3.75. The number of nitrogens with one attached hydrogen (secondary N) is 2. The summed E-state index contributed by atoms with van der Waals surface area (Å²) < 4.78 is 15.7. The van der Waals surface area contributed by atoms with Crippen LogP contribution in [-0.2, 0) is 4.74 Å². The van der Waals surface area contributed by atoms with Gasteiger partial charge in [0, 0.05) is 23.6 Å². The number of benzene rings is 1. The SMILES string of the molecule is COC[C@H](C)NC(=O)c1cc(NC(=O)c2ccc(C)s2)c(OC)c(OC)c1. The zero-order valence-corrected chi connectivity index (χ0v) is 16.9. The van der Waals surface area contributed by atoms with Crippen molar-refractivity contribution in [2.24, 2.45) is 0 Å². The highest BCUT2D eigenvalue weighted by molar-refractivity contribution is 7.14. The van der Waals surface area contributed by atoms with Crippen molar-refractivity contribution in [3.63, 3.8) is 0 Å². The Balaban J connectivity index is 2.33. The molecule has 0 unspecified atom stereocenters. The summed E-state index contributed by atoms with van der Waals surface area (Å²) in [5.74, 6) is 0.115. The number of ether oxygens (including phenoxy) is 3. The molecule has 1 heterocycles. The Kier molecular flexibility index (Phi) is 7.20. The number of carbonyl (C=O) groups excluding carboxylic acids is 2. The minimum absolute atomic E-state index is 0.164. The van der Waals surface area contributed by atoms with Crippen LogP contribution in [0, 0.1) is 6.92 Å². The van der Waals surface area contributed by atoms with Crippen LogP contribution in [0.5, 0.6) is 11.5 Å². The monoisotopic (exact) mass is 392 g/mol. The van der Waals surface area contributed by atoms with Gasteiger partial charge in [0.2, 0.25) is 0 Å². The predicted octanol–water partition coefficient (Wildman–Crippen LogP) is 3.09. The van der Waals surface area contributed by atoms with E-state index in [4.69, 9.17) is 14.2 Å². The van der Waals surface area contributed by atoms with Crippen LogP contribution in [0.3, 0.4) is 0 Å². The number of methoxy groups -OCH3 is 3. The van der Waals surface area contributed by atoms with Gasteiger partial charge >= 0.3 is 0 Å². The van der Waals surface area contributed by atoms with Gasteiger partial charge in [0.15, 0.2) is 11.5 Å². The first kappa shape index (κ1) is 20.7. The van der Waals surface area contributed by atoms with Crippen molar-refractivity contribution < 1.29 is 23.8 Å². The molecule has 146 valence electrons. The van der Waals surface area contributed by atoms with Crippen LogP contribution in [-0.4, -0.2) is 45.8 Å². The fourth-order valence-electron chi connectivity index (χ4n) is 2.53. The highest BCUT2D eigenvalue weighted by Crippen LogP contribution is 2.37. The average Bonchev–Trinajstić information content (AvgIpc) is 3.07. The van der Waals surface area contributed by atoms with Gasteiger partial charge in [-0.15, -0.1) is 11.3 Å². The van der Waals surface area contributed by atoms with Crippen molar-refractivity contribution in [3.05, 3.63) is 39.6 Å². The zero-order valence-electron chi connectivity index (χ0n) is 16.0. The largest absolute Gasteiger partial charge is 0.493 e. The predicted molar refractivity (Wildman–Crippen MR) is 105 cm³/mol. The Hall–Kier alpha value is -2.58. The molecular weight excluding hydrogens is 368 g/mol. The van der Waals surface area contributed by atoms with E-state index in [1.54, 1.807) is 25.3 Å². The average molecular weight is 392 g/mol. The van der Waals surface area contributed by atoms with Crippen LogP contribution in [0.25, 0.3) is 0 Å². The van der Waals surface area contributed by atoms with Crippen molar-refractivity contribution in [2.75, 3.05) is 33.3 Å². The molecule has 0 saturated heterocycles. The lowest BCUT2D eigenvalue weighted by Crippen LogP contribution is -2.35. The van der Waals surface area contributed by atoms with Crippen LogP contribution in [0.2, 0.25) is 0 Å². The summed E-state index contributed by atoms with van der Waals surface area (Å²) >= 11 is 1.39. The second kappa shape index (κ2) is 9.38. The lowest BCUT2D eigenvalue weighted by molar-refractivity contribution is 0.0904. The number of rotatable bonds is 8. The standard InChI is InChI=1S/C19H24N2O5S/c1-11(10-24-3)20-18(22)13-8-14(17(26-5)15(9-13)25-4)21-19(23)16-7-6-12(2)27-16/h6-9,11H,10H2,1-5H3,(H,20,22)(H,21,23)/t11-/m0/s1. The number of hydrogen-bond acceptors (Lipinski definition) is 6. The molecule has 7 nitrogen and oxygen atoms in total. The summed E-state index contributed by atoms with van der Waals surface area (Å²) in [7, 11) is 4.52. The van der Waals surface area contributed by atoms with E-state index in [2.05, 4.69) is 10.6 Å². The fourth-order valence-corrected chi connectivity index (χ4v) is 3.29. The van der Waals surface area contributed by atoms with Crippen LogP contribution in [0.1, 0.15) is 31.8 Å². The van der Waals surface area contributed by atoms with Crippen LogP contribution in [0.4, 0.5) is 5.69 Å². The Morgan fingerprint density at radius 1 is 1.11 bits per heavy atom. The van der Waals surface area contributed by atoms with Crippen LogP contribution in [0.15, 0.2) is 24.3 Å². The second-order valence-electron chi connectivity index (χ2n) is 5.95. The maximum Gasteiger partial charge on any atom is 0.265 e. The van der Waals surface area contributed by atoms with Gasteiger partial charge < -0.3 is 24.8 Å². The smallest absolute Gasteiger partial charge is 0.265 e. The molecule has 2 amide bonds. The van der Waals surface area contributed by atoms with E-state index in [1.165, 1.54) is 25.6 Å². The van der Waals surface area contributed by atoms with Crippen LogP contribution >= 0.6 is 11.3 Å². The molecule has 1 aromatic carbocycles. The Bertz CT molecular complexity index is 818. The van der Waals surface area contributed by atoms with E-state index in [9.17, 15) is 9.59 Å². The molecule has 1 aromatic heterocycles. The molecule has 2 rings (SSSR count). The summed E-state index contributed by atoms with van der Waals surface area (Å²) in [4.78, 5) is 26.7. The molecule has 0 fully saturated rings. The van der Waals surface area contributed by atoms with Crippen LogP contribution < -0.4 is 20.1 Å². The molecule has 0 radical (unpaired) electrons. The van der Waals surface area contributed by atoms with E-state index >= 15 is 0 Å². The quantitative estimate of drug-likeness (QED) is 0.721. The summed E-state index contributed by atoms with van der Waals surface area (Å²) in [6.45, 7) is 4.15. The lowest BCUT2D eigenvalue weighted by Gasteiger charge is -2.17. The van der Waals surface area contributed by atoms with Gasteiger partial charge in [-0.3, -0.25) is 9.59 Å². The summed E-state index contributed by atoms with van der Waals surface area (Å²) in [5, 5.41) is 5.63. The fraction of sp³-hybridized carbons (Fsp3) is 0.368. The number of aryl methyl sites for hydroxylation is 1. The summed E-state index contributed by atoms with van der Waals surface area (Å²) in [5.41, 5.74) is 0.700. The Morgan fingerprint density at radius 3 is 2.41 bits per heavy atom. The summed E-state index contributed by atoms with van der Waals surface area (Å²) in [6, 6.07) is 6.59. The third-order valence-corrected chi connectivity index (χ3v) is 4.75. The first-order chi connectivity index (χ1) is 12.9. The van der Waals surface area contributed by atoms with Gasteiger partial charge in [0.05, 0.1) is 31.4 Å². The van der Waals surface area contributed by atoms with E-state index in [1.807, 2.05) is 19.9 Å². The molecule has 0 bridgehead atoms. The molecule has 0 spiro atoms. The van der Waals surface area contributed by atoms with Crippen molar-refractivity contribution in [1.82, 2.24) is 5.32 Å². The van der Waals surface area contributed by atoms with E-state index in [0.717, 1.165) is 4.88 Å². The molecule has 2 N–H and O–H groups in total. The molecule has 0 saturated carbocycles. The molecular formula is C19H24N2O5S. The number of carbonyl (C=O) groups is 2. The summed E-state index contributed by atoms with van der Waals surface area (Å²) in [6.07, 6.45) is 0. The first-order valence-corrected chi connectivity index (χ1v) is 9.14. The van der Waals surface area contributed by atoms with Crippen molar-refractivity contribution >= 4 is 28.8 Å². The molecule has 0 aliphatic rings. The molecule has 27 heavy (non-hydrogen) atoms. The molecule has 8 heteroatoms. The molecule has 1 atom stereocenters. The molecule has 2 aromatic rings. The van der Waals surface area contributed by atoms with Crippen molar-refractivity contribution in [2.45, 2.75) is 19.9 Å². The third kappa shape index (κ3) is 5.21. The van der Waals surface area contributed by atoms with Gasteiger partial charge in [-0.05, 0) is 38.1 Å². The number of amides is 2. The normalized spacial score (nSPS) is 11.6. The van der Waals surface area contributed by atoms with Gasteiger partial charge in [-0.25, -0.2) is 0 Å². The Labute approximate surface area is 162 Å². The Morgan fingerprint density at radius 2 is 1.85 bits per heavy atom. The minimum atomic E-state index is -0.303. The lowest BCUT2D eigenvalue weighted by atomic mass is 10.1. The van der Waals surface area contributed by atoms with E-state index in [0.29, 0.717) is 34.2 Å². The maximum absolute atomic E-state index is 12.5. The van der Waals surface area contributed by atoms with Crippen molar-refractivity contribution in [3.8, 4) is 11.5 Å². The van der Waals surface area contributed by atoms with Crippen molar-refractivity contribution in [1.29, 1.82) is 0 Å². The second-order valence-corrected chi connectivity index (χ2v) is 7.24. The molecule has 0 aliphatic carbocycles. The number of thiophene rings is 1. The number of hydrogen-bond donors (Lipinski definition) is 2. The zero-order chi connectivity index (χ0) is 20.0. The van der Waals surface area contributed by atoms with Gasteiger partial charge in [0.1, 0.15) is 0 Å². The first-order valence-electron chi connectivity index (χ1n) is 8.33. The minimum Gasteiger partial charge on any atom is -0.493 e. The molecule has 0 aliphatic heterocycles. The van der Waals surface area contributed by atoms with Gasteiger partial charge in [0.25, 0.3) is 11.8 Å². The maximum atomic E-state index is 12.5. The highest BCUT2D eigenvalue weighted by atomic mass is 32.1. The van der Waals surface area contributed by atoms with Gasteiger partial charge in [-0.1, -0.05) is 0 Å². The van der Waals surface area contributed by atoms with E-state index in [-0.39, 0.29) is 17.9 Å². The topological polar surface area (TPSA) is 85.9 Å².